The monoisotopic (exact) mass is 276 g/mol. The van der Waals surface area contributed by atoms with Gasteiger partial charge in [0.1, 0.15) is 0 Å². The largest absolute Gasteiger partial charge is 0.381 e. The lowest BCUT2D eigenvalue weighted by atomic mass is 9.93. The Labute approximate surface area is 118 Å². The number of thioether (sulfide) groups is 1. The van der Waals surface area contributed by atoms with Crippen LogP contribution in [0, 0.1) is 13.8 Å². The minimum absolute atomic E-state index is 0.128. The second kappa shape index (κ2) is 5.17. The molecule has 0 atom stereocenters. The van der Waals surface area contributed by atoms with Crippen molar-refractivity contribution in [2.24, 2.45) is 4.99 Å². The maximum absolute atomic E-state index is 5.45. The lowest BCUT2D eigenvalue weighted by molar-refractivity contribution is 0.0624. The number of hydrogen-bond donors (Lipinski definition) is 1. The van der Waals surface area contributed by atoms with Gasteiger partial charge in [-0.1, -0.05) is 23.9 Å². The Balaban J connectivity index is 1.77. The summed E-state index contributed by atoms with van der Waals surface area (Å²) in [5, 5.41) is 4.56. The summed E-state index contributed by atoms with van der Waals surface area (Å²) in [4.78, 5) is 4.93. The van der Waals surface area contributed by atoms with Gasteiger partial charge in [0.25, 0.3) is 0 Å². The Morgan fingerprint density at radius 3 is 2.84 bits per heavy atom. The Morgan fingerprint density at radius 1 is 1.26 bits per heavy atom. The van der Waals surface area contributed by atoms with Gasteiger partial charge >= 0.3 is 0 Å². The van der Waals surface area contributed by atoms with Crippen molar-refractivity contribution < 1.29 is 4.74 Å². The minimum Gasteiger partial charge on any atom is -0.381 e. The van der Waals surface area contributed by atoms with E-state index in [1.807, 2.05) is 11.8 Å². The summed E-state index contributed by atoms with van der Waals surface area (Å²) in [7, 11) is 0. The van der Waals surface area contributed by atoms with E-state index in [1.54, 1.807) is 0 Å². The summed E-state index contributed by atoms with van der Waals surface area (Å²) >= 11 is 1.84. The van der Waals surface area contributed by atoms with Gasteiger partial charge in [0.15, 0.2) is 5.17 Å². The highest BCUT2D eigenvalue weighted by atomic mass is 32.2. The number of anilines is 1. The molecule has 19 heavy (non-hydrogen) atoms. The van der Waals surface area contributed by atoms with Crippen LogP contribution in [0.1, 0.15) is 24.0 Å². The van der Waals surface area contributed by atoms with Crippen LogP contribution in [0.5, 0.6) is 0 Å². The highest BCUT2D eigenvalue weighted by molar-refractivity contribution is 8.14. The van der Waals surface area contributed by atoms with Gasteiger partial charge in [0, 0.05) is 24.7 Å². The van der Waals surface area contributed by atoms with Crippen molar-refractivity contribution >= 4 is 22.6 Å². The van der Waals surface area contributed by atoms with E-state index in [1.165, 1.54) is 16.8 Å². The van der Waals surface area contributed by atoms with Crippen molar-refractivity contribution in [1.82, 2.24) is 0 Å². The Kier molecular flexibility index (Phi) is 3.54. The second-order valence-corrected chi connectivity index (χ2v) is 6.38. The molecule has 1 spiro atoms. The number of nitrogens with zero attached hydrogens (tertiary/aromatic N) is 1. The van der Waals surface area contributed by atoms with Gasteiger partial charge in [-0.15, -0.1) is 0 Å². The molecule has 1 aromatic rings. The van der Waals surface area contributed by atoms with E-state index < -0.39 is 0 Å². The molecular weight excluding hydrogens is 256 g/mol. The maximum atomic E-state index is 5.45. The molecule has 0 unspecified atom stereocenters. The summed E-state index contributed by atoms with van der Waals surface area (Å²) < 4.78 is 5.45. The first-order chi connectivity index (χ1) is 9.19. The Bertz CT molecular complexity index is 507. The second-order valence-electron chi connectivity index (χ2n) is 5.41. The molecule has 0 saturated carbocycles. The zero-order valence-corrected chi connectivity index (χ0v) is 12.3. The third kappa shape index (κ3) is 2.65. The van der Waals surface area contributed by atoms with E-state index in [4.69, 9.17) is 9.73 Å². The summed E-state index contributed by atoms with van der Waals surface area (Å²) in [5.41, 5.74) is 3.92. The Hall–Kier alpha value is -1.00. The third-order valence-electron chi connectivity index (χ3n) is 4.09. The molecule has 0 bridgehead atoms. The molecule has 1 aromatic carbocycles. The molecule has 3 nitrogen and oxygen atoms in total. The van der Waals surface area contributed by atoms with E-state index in [0.717, 1.165) is 37.0 Å². The van der Waals surface area contributed by atoms with Crippen LogP contribution in [0.4, 0.5) is 5.69 Å². The van der Waals surface area contributed by atoms with E-state index in [2.05, 4.69) is 37.4 Å². The summed E-state index contributed by atoms with van der Waals surface area (Å²) in [5.74, 6) is 1.09. The van der Waals surface area contributed by atoms with Crippen LogP contribution in [0.25, 0.3) is 0 Å². The lowest BCUT2D eigenvalue weighted by Crippen LogP contribution is -2.34. The van der Waals surface area contributed by atoms with Crippen LogP contribution in [0.2, 0.25) is 0 Å². The fourth-order valence-electron chi connectivity index (χ4n) is 2.56. The molecule has 4 heteroatoms. The molecule has 3 rings (SSSR count). The standard InChI is InChI=1S/C15H20N2OS/c1-11-4-3-5-13(12(11)2)16-14-17-15(10-19-14)6-8-18-9-7-15/h3-5H,6-10H2,1-2H3,(H,16,17). The summed E-state index contributed by atoms with van der Waals surface area (Å²) in [6, 6.07) is 6.36. The number of aryl methyl sites for hydroxylation is 1. The Morgan fingerprint density at radius 2 is 2.05 bits per heavy atom. The number of benzene rings is 1. The van der Waals surface area contributed by atoms with Crippen molar-refractivity contribution in [2.45, 2.75) is 32.2 Å². The predicted octanol–water partition coefficient (Wildman–Crippen LogP) is 3.37. The number of rotatable bonds is 1. The van der Waals surface area contributed by atoms with Gasteiger partial charge in [-0.3, -0.25) is 4.99 Å². The summed E-state index contributed by atoms with van der Waals surface area (Å²) in [6.07, 6.45) is 2.11. The molecule has 0 radical (unpaired) electrons. The predicted molar refractivity (Wildman–Crippen MR) is 82.2 cm³/mol. The number of amidine groups is 1. The molecule has 2 heterocycles. The summed E-state index contributed by atoms with van der Waals surface area (Å²) in [6.45, 7) is 5.99. The molecule has 1 N–H and O–H groups in total. The fraction of sp³-hybridized carbons (Fsp3) is 0.533. The van der Waals surface area contributed by atoms with Gasteiger partial charge in [-0.2, -0.15) is 0 Å². The molecule has 2 aliphatic rings. The number of aliphatic imine (C=N–C) groups is 1. The molecule has 0 aliphatic carbocycles. The van der Waals surface area contributed by atoms with Crippen LogP contribution in [0.3, 0.4) is 0 Å². The van der Waals surface area contributed by atoms with Crippen LogP contribution in [-0.4, -0.2) is 29.7 Å². The number of hydrogen-bond acceptors (Lipinski definition) is 4. The zero-order valence-electron chi connectivity index (χ0n) is 11.5. The SMILES string of the molecule is Cc1cccc(NC2=NC3(CCOCC3)CS2)c1C. The van der Waals surface area contributed by atoms with Crippen molar-refractivity contribution in [3.05, 3.63) is 29.3 Å². The van der Waals surface area contributed by atoms with Gasteiger partial charge < -0.3 is 10.1 Å². The van der Waals surface area contributed by atoms with E-state index in [0.29, 0.717) is 0 Å². The quantitative estimate of drug-likeness (QED) is 0.854. The van der Waals surface area contributed by atoms with E-state index >= 15 is 0 Å². The van der Waals surface area contributed by atoms with Crippen molar-refractivity contribution in [2.75, 3.05) is 24.3 Å². The van der Waals surface area contributed by atoms with E-state index in [-0.39, 0.29) is 5.54 Å². The average molecular weight is 276 g/mol. The normalized spacial score (nSPS) is 21.5. The van der Waals surface area contributed by atoms with Crippen molar-refractivity contribution in [1.29, 1.82) is 0 Å². The van der Waals surface area contributed by atoms with Gasteiger partial charge in [-0.05, 0) is 43.9 Å². The first kappa shape index (κ1) is 13.0. The molecule has 0 aromatic heterocycles. The molecule has 1 fully saturated rings. The number of nitrogens with one attached hydrogen (secondary N) is 1. The molecular formula is C15H20N2OS. The van der Waals surface area contributed by atoms with Gasteiger partial charge in [0.05, 0.1) is 5.54 Å². The van der Waals surface area contributed by atoms with Crippen LogP contribution in [0.15, 0.2) is 23.2 Å². The average Bonchev–Trinajstić information content (AvgIpc) is 2.79. The maximum Gasteiger partial charge on any atom is 0.161 e. The molecule has 2 aliphatic heterocycles. The van der Waals surface area contributed by atoms with E-state index in [9.17, 15) is 0 Å². The minimum atomic E-state index is 0.128. The smallest absolute Gasteiger partial charge is 0.161 e. The fourth-order valence-corrected chi connectivity index (χ4v) is 3.75. The van der Waals surface area contributed by atoms with Gasteiger partial charge in [-0.25, -0.2) is 0 Å². The van der Waals surface area contributed by atoms with Crippen molar-refractivity contribution in [3.63, 3.8) is 0 Å². The van der Waals surface area contributed by atoms with Crippen LogP contribution < -0.4 is 5.32 Å². The topological polar surface area (TPSA) is 33.6 Å². The lowest BCUT2D eigenvalue weighted by Gasteiger charge is -2.29. The van der Waals surface area contributed by atoms with Gasteiger partial charge in [0.2, 0.25) is 0 Å². The highest BCUT2D eigenvalue weighted by Gasteiger charge is 2.37. The van der Waals surface area contributed by atoms with Crippen LogP contribution in [-0.2, 0) is 4.74 Å². The zero-order chi connectivity index (χ0) is 13.3. The highest BCUT2D eigenvalue weighted by Crippen LogP contribution is 2.36. The van der Waals surface area contributed by atoms with Crippen LogP contribution >= 0.6 is 11.8 Å². The molecule has 1 saturated heterocycles. The first-order valence-electron chi connectivity index (χ1n) is 6.82. The molecule has 0 amide bonds. The third-order valence-corrected chi connectivity index (χ3v) is 5.23. The van der Waals surface area contributed by atoms with Crippen molar-refractivity contribution in [3.8, 4) is 0 Å². The molecule has 102 valence electrons. The first-order valence-corrected chi connectivity index (χ1v) is 7.81. The number of ether oxygens (including phenoxy) is 1.